The fourth-order valence-corrected chi connectivity index (χ4v) is 4.06. The van der Waals surface area contributed by atoms with Crippen LogP contribution in [0.4, 0.5) is 39.8 Å². The number of aryl methyl sites for hydroxylation is 2. The van der Waals surface area contributed by atoms with E-state index in [4.69, 9.17) is 0 Å². The van der Waals surface area contributed by atoms with Crippen molar-refractivity contribution in [1.82, 2.24) is 0 Å². The summed E-state index contributed by atoms with van der Waals surface area (Å²) >= 11 is 0. The molecule has 0 atom stereocenters. The van der Waals surface area contributed by atoms with E-state index in [1.54, 1.807) is 0 Å². The first-order chi connectivity index (χ1) is 18.1. The molecule has 0 aromatic heterocycles. The van der Waals surface area contributed by atoms with Crippen molar-refractivity contribution in [3.05, 3.63) is 102 Å². The Bertz CT molecular complexity index is 1410. The highest BCUT2D eigenvalue weighted by Gasteiger charge is 2.11. The fourth-order valence-electron chi connectivity index (χ4n) is 4.06. The van der Waals surface area contributed by atoms with Gasteiger partial charge in [0.05, 0.1) is 34.1 Å². The molecule has 0 N–H and O–H groups in total. The molecule has 0 saturated carbocycles. The van der Waals surface area contributed by atoms with Gasteiger partial charge >= 0.3 is 0 Å². The van der Waals surface area contributed by atoms with Crippen LogP contribution in [0.5, 0.6) is 0 Å². The van der Waals surface area contributed by atoms with Gasteiger partial charge in [-0.25, -0.2) is 0 Å². The van der Waals surface area contributed by atoms with Crippen LogP contribution in [-0.4, -0.2) is 13.1 Å². The molecule has 4 aromatic rings. The summed E-state index contributed by atoms with van der Waals surface area (Å²) in [7, 11) is 0. The van der Waals surface area contributed by atoms with E-state index in [-0.39, 0.29) is 0 Å². The zero-order valence-corrected chi connectivity index (χ0v) is 21.1. The van der Waals surface area contributed by atoms with Gasteiger partial charge in [-0.05, 0) is 111 Å². The van der Waals surface area contributed by atoms with E-state index < -0.39 is 0 Å². The minimum atomic E-state index is 0.745. The van der Waals surface area contributed by atoms with Crippen LogP contribution in [0.15, 0.2) is 122 Å². The number of nitrogens with zero attached hydrogens (tertiary/aromatic N) is 7. The van der Waals surface area contributed by atoms with E-state index in [2.05, 4.69) is 47.7 Å². The maximum absolute atomic E-state index is 4.41. The van der Waals surface area contributed by atoms with Crippen molar-refractivity contribution in [2.24, 2.45) is 30.7 Å². The van der Waals surface area contributed by atoms with Crippen molar-refractivity contribution in [3.63, 3.8) is 0 Å². The van der Waals surface area contributed by atoms with Crippen LogP contribution >= 0.6 is 0 Å². The number of benzene rings is 4. The molecule has 1 fully saturated rings. The molecule has 1 heterocycles. The van der Waals surface area contributed by atoms with Crippen LogP contribution in [0.1, 0.15) is 24.0 Å². The van der Waals surface area contributed by atoms with Crippen LogP contribution in [-0.2, 0) is 0 Å². The van der Waals surface area contributed by atoms with Crippen LogP contribution in [0, 0.1) is 13.8 Å². The highest BCUT2D eigenvalue weighted by Crippen LogP contribution is 2.29. The Hall–Kier alpha value is -4.52. The molecule has 0 aliphatic carbocycles. The molecule has 0 amide bonds. The van der Waals surface area contributed by atoms with E-state index in [0.717, 1.165) is 52.8 Å². The van der Waals surface area contributed by atoms with Gasteiger partial charge in [-0.2, -0.15) is 30.7 Å². The van der Waals surface area contributed by atoms with Crippen molar-refractivity contribution in [1.29, 1.82) is 0 Å². The fraction of sp³-hybridized carbons (Fsp3) is 0.200. The molecule has 0 spiro atoms. The molecule has 4 aromatic carbocycles. The molecular weight excluding hydrogens is 458 g/mol. The van der Waals surface area contributed by atoms with Crippen molar-refractivity contribution in [3.8, 4) is 0 Å². The van der Waals surface area contributed by atoms with Gasteiger partial charge in [-0.15, -0.1) is 0 Å². The molecule has 7 nitrogen and oxygen atoms in total. The third kappa shape index (κ3) is 6.58. The van der Waals surface area contributed by atoms with Crippen LogP contribution in [0.3, 0.4) is 0 Å². The van der Waals surface area contributed by atoms with Gasteiger partial charge in [-0.1, -0.05) is 17.7 Å². The minimum absolute atomic E-state index is 0.745. The zero-order chi connectivity index (χ0) is 25.5. The molecular formula is C30H29N7. The summed E-state index contributed by atoms with van der Waals surface area (Å²) in [5.74, 6) is 0. The smallest absolute Gasteiger partial charge is 0.0887 e. The molecule has 0 unspecified atom stereocenters. The Kier molecular flexibility index (Phi) is 7.50. The number of rotatable bonds is 7. The predicted octanol–water partition coefficient (Wildman–Crippen LogP) is 10.1. The Labute approximate surface area is 217 Å². The lowest BCUT2D eigenvalue weighted by molar-refractivity contribution is 0.949. The van der Waals surface area contributed by atoms with Gasteiger partial charge in [0.1, 0.15) is 0 Å². The van der Waals surface area contributed by atoms with Crippen LogP contribution in [0.25, 0.3) is 0 Å². The van der Waals surface area contributed by atoms with Gasteiger partial charge in [0, 0.05) is 18.8 Å². The van der Waals surface area contributed by atoms with Crippen molar-refractivity contribution >= 4 is 39.8 Å². The largest absolute Gasteiger partial charge is 0.372 e. The lowest BCUT2D eigenvalue weighted by Crippen LogP contribution is -2.17. The molecule has 5 rings (SSSR count). The first-order valence-electron chi connectivity index (χ1n) is 12.5. The lowest BCUT2D eigenvalue weighted by atomic mass is 10.2. The van der Waals surface area contributed by atoms with E-state index >= 15 is 0 Å². The average molecular weight is 488 g/mol. The molecule has 184 valence electrons. The zero-order valence-electron chi connectivity index (χ0n) is 21.1. The topological polar surface area (TPSA) is 77.4 Å². The normalized spacial score (nSPS) is 13.9. The number of hydrogen-bond donors (Lipinski definition) is 0. The maximum Gasteiger partial charge on any atom is 0.0887 e. The Morgan fingerprint density at radius 1 is 0.486 bits per heavy atom. The van der Waals surface area contributed by atoms with E-state index in [0.29, 0.717) is 0 Å². The Morgan fingerprint density at radius 2 is 0.919 bits per heavy atom. The summed E-state index contributed by atoms with van der Waals surface area (Å²) < 4.78 is 0. The second-order valence-corrected chi connectivity index (χ2v) is 9.13. The second-order valence-electron chi connectivity index (χ2n) is 9.13. The quantitative estimate of drug-likeness (QED) is 0.239. The number of anilines is 1. The third-order valence-electron chi connectivity index (χ3n) is 6.22. The minimum Gasteiger partial charge on any atom is -0.372 e. The standard InChI is InChI=1S/C30H29N7/c1-22-5-7-24(8-6-22)31-32-25-9-11-26(12-10-25)34-36-30-18-15-28(21-23(30)2)35-33-27-13-16-29(17-14-27)37-19-3-4-20-37/h5-18,21H,3-4,19-20H2,1-2H3. The number of hydrogen-bond acceptors (Lipinski definition) is 7. The van der Waals surface area contributed by atoms with Crippen molar-refractivity contribution in [2.75, 3.05) is 18.0 Å². The second kappa shape index (κ2) is 11.5. The summed E-state index contributed by atoms with van der Waals surface area (Å²) in [4.78, 5) is 2.41. The van der Waals surface area contributed by atoms with Gasteiger partial charge in [-0.3, -0.25) is 0 Å². The predicted molar refractivity (Wildman–Crippen MR) is 149 cm³/mol. The molecule has 0 bridgehead atoms. The first-order valence-corrected chi connectivity index (χ1v) is 12.5. The maximum atomic E-state index is 4.41. The highest BCUT2D eigenvalue weighted by atomic mass is 15.1. The van der Waals surface area contributed by atoms with Gasteiger partial charge < -0.3 is 4.90 Å². The molecule has 37 heavy (non-hydrogen) atoms. The van der Waals surface area contributed by atoms with Gasteiger partial charge in [0.25, 0.3) is 0 Å². The van der Waals surface area contributed by atoms with Gasteiger partial charge in [0.15, 0.2) is 0 Å². The van der Waals surface area contributed by atoms with Crippen molar-refractivity contribution in [2.45, 2.75) is 26.7 Å². The lowest BCUT2D eigenvalue weighted by Gasteiger charge is -2.17. The summed E-state index contributed by atoms with van der Waals surface area (Å²) in [6, 6.07) is 29.5. The molecule has 1 saturated heterocycles. The average Bonchev–Trinajstić information content (AvgIpc) is 3.47. The molecule has 1 aliphatic rings. The molecule has 7 heteroatoms. The molecule has 1 aliphatic heterocycles. The number of azo groups is 3. The first kappa shape index (κ1) is 24.2. The molecule has 0 radical (unpaired) electrons. The Balaban J connectivity index is 1.19. The SMILES string of the molecule is Cc1ccc(N=Nc2ccc(N=Nc3ccc(N=Nc4ccc(N5CCCC5)cc4)cc3C)cc2)cc1. The highest BCUT2D eigenvalue weighted by molar-refractivity contribution is 5.56. The van der Waals surface area contributed by atoms with Gasteiger partial charge in [0.2, 0.25) is 0 Å². The summed E-state index contributed by atoms with van der Waals surface area (Å²) in [6.45, 7) is 6.31. The van der Waals surface area contributed by atoms with E-state index in [9.17, 15) is 0 Å². The Morgan fingerprint density at radius 3 is 1.46 bits per heavy atom. The summed E-state index contributed by atoms with van der Waals surface area (Å²) in [5, 5.41) is 26.1. The van der Waals surface area contributed by atoms with E-state index in [1.165, 1.54) is 24.1 Å². The summed E-state index contributed by atoms with van der Waals surface area (Å²) in [6.07, 6.45) is 2.54. The monoisotopic (exact) mass is 487 g/mol. The van der Waals surface area contributed by atoms with E-state index in [1.807, 2.05) is 92.7 Å². The van der Waals surface area contributed by atoms with Crippen LogP contribution in [0.2, 0.25) is 0 Å². The van der Waals surface area contributed by atoms with Crippen molar-refractivity contribution < 1.29 is 0 Å². The van der Waals surface area contributed by atoms with Crippen LogP contribution < -0.4 is 4.90 Å². The summed E-state index contributed by atoms with van der Waals surface area (Å²) in [5.41, 5.74) is 8.17. The third-order valence-corrected chi connectivity index (χ3v) is 6.22.